The van der Waals surface area contributed by atoms with Crippen LogP contribution in [0.1, 0.15) is 45.1 Å². The Hall–Kier alpha value is -1.93. The third-order valence-electron chi connectivity index (χ3n) is 5.71. The third-order valence-corrected chi connectivity index (χ3v) is 5.71. The van der Waals surface area contributed by atoms with E-state index in [0.717, 1.165) is 44.2 Å². The highest BCUT2D eigenvalue weighted by Crippen LogP contribution is 2.39. The van der Waals surface area contributed by atoms with Crippen LogP contribution < -0.4 is 16.2 Å². The van der Waals surface area contributed by atoms with Crippen molar-refractivity contribution in [3.05, 3.63) is 28.7 Å². The average Bonchev–Trinajstić information content (AvgIpc) is 2.94. The predicted molar refractivity (Wildman–Crippen MR) is 102 cm³/mol. The van der Waals surface area contributed by atoms with Gasteiger partial charge in [0.15, 0.2) is 0 Å². The van der Waals surface area contributed by atoms with Gasteiger partial charge in [0.05, 0.1) is 11.6 Å². The van der Waals surface area contributed by atoms with Crippen LogP contribution in [-0.2, 0) is 0 Å². The topological polar surface area (TPSA) is 92.1 Å². The minimum absolute atomic E-state index is 0.154. The maximum absolute atomic E-state index is 12.6. The Morgan fingerprint density at radius 1 is 1.35 bits per heavy atom. The molecule has 2 radical (unpaired) electrons. The standard InChI is InChI=1S/C18H24BN5O2/c1-17(26)6-2-3-13(17)24-14(25)5-4-12-11-21-16(22-15(12)24)23-18(19)7-9-20-10-8-18/h4-5,11,13,20,26H,2-3,6-10H2,1H3,(H,21,22,23)/t13-,17-/m1/s1. The van der Waals surface area contributed by atoms with Gasteiger partial charge in [0, 0.05) is 23.1 Å². The molecule has 2 aliphatic rings. The molecule has 0 amide bonds. The summed E-state index contributed by atoms with van der Waals surface area (Å²) in [5.74, 6) is 0.416. The molecule has 1 saturated heterocycles. The van der Waals surface area contributed by atoms with Crippen LogP contribution in [0.5, 0.6) is 0 Å². The molecule has 0 spiro atoms. The first kappa shape index (κ1) is 17.5. The summed E-state index contributed by atoms with van der Waals surface area (Å²) < 4.78 is 1.63. The number of hydrogen-bond acceptors (Lipinski definition) is 6. The van der Waals surface area contributed by atoms with Crippen molar-refractivity contribution in [2.24, 2.45) is 0 Å². The number of hydrogen-bond donors (Lipinski definition) is 3. The number of rotatable bonds is 3. The summed E-state index contributed by atoms with van der Waals surface area (Å²) >= 11 is 0. The van der Waals surface area contributed by atoms with Crippen LogP contribution in [0.25, 0.3) is 11.0 Å². The van der Waals surface area contributed by atoms with Crippen LogP contribution >= 0.6 is 0 Å². The van der Waals surface area contributed by atoms with E-state index in [1.54, 1.807) is 23.8 Å². The minimum atomic E-state index is -0.916. The highest BCUT2D eigenvalue weighted by atomic mass is 16.3. The van der Waals surface area contributed by atoms with Crippen molar-refractivity contribution in [2.75, 3.05) is 18.4 Å². The van der Waals surface area contributed by atoms with E-state index in [4.69, 9.17) is 7.85 Å². The van der Waals surface area contributed by atoms with E-state index in [2.05, 4.69) is 20.6 Å². The summed E-state index contributed by atoms with van der Waals surface area (Å²) in [4.78, 5) is 21.6. The van der Waals surface area contributed by atoms with E-state index in [9.17, 15) is 9.90 Å². The molecule has 2 atom stereocenters. The van der Waals surface area contributed by atoms with Gasteiger partial charge in [-0.2, -0.15) is 4.98 Å². The van der Waals surface area contributed by atoms with Crippen LogP contribution in [-0.4, -0.2) is 51.6 Å². The van der Waals surface area contributed by atoms with E-state index in [1.807, 2.05) is 0 Å². The Morgan fingerprint density at radius 2 is 2.12 bits per heavy atom. The summed E-state index contributed by atoms with van der Waals surface area (Å²) in [5, 5.41) is 18.0. The Balaban J connectivity index is 1.77. The zero-order chi connectivity index (χ0) is 18.4. The quantitative estimate of drug-likeness (QED) is 0.711. The lowest BCUT2D eigenvalue weighted by Gasteiger charge is -2.35. The Bertz CT molecular complexity index is 876. The first-order valence-electron chi connectivity index (χ1n) is 9.26. The van der Waals surface area contributed by atoms with Crippen molar-refractivity contribution in [2.45, 2.75) is 56.1 Å². The number of piperidine rings is 1. The SMILES string of the molecule is [B]C1(Nc2ncc3ccc(=O)n([C@@H]4CCC[C@@]4(C)O)c3n2)CCNCC1. The highest BCUT2D eigenvalue weighted by Gasteiger charge is 2.39. The van der Waals surface area contributed by atoms with Gasteiger partial charge in [-0.25, -0.2) is 4.98 Å². The molecule has 3 heterocycles. The first-order chi connectivity index (χ1) is 12.4. The number of fused-ring (bicyclic) bond motifs is 1. The fraction of sp³-hybridized carbons (Fsp3) is 0.611. The molecule has 1 aliphatic carbocycles. The van der Waals surface area contributed by atoms with Crippen molar-refractivity contribution in [3.8, 4) is 0 Å². The lowest BCUT2D eigenvalue weighted by molar-refractivity contribution is 0.0267. The van der Waals surface area contributed by atoms with Crippen molar-refractivity contribution < 1.29 is 5.11 Å². The Kier molecular flexibility index (Phi) is 4.27. The van der Waals surface area contributed by atoms with E-state index in [-0.39, 0.29) is 11.6 Å². The van der Waals surface area contributed by atoms with Crippen molar-refractivity contribution in [1.29, 1.82) is 0 Å². The smallest absolute Gasteiger partial charge is 0.252 e. The van der Waals surface area contributed by atoms with Gasteiger partial charge in [0.25, 0.3) is 5.56 Å². The van der Waals surface area contributed by atoms with E-state index in [1.165, 1.54) is 6.07 Å². The maximum Gasteiger partial charge on any atom is 0.252 e. The maximum atomic E-state index is 12.6. The summed E-state index contributed by atoms with van der Waals surface area (Å²) in [6.45, 7) is 3.47. The number of nitrogens with one attached hydrogen (secondary N) is 2. The molecule has 3 N–H and O–H groups in total. The molecule has 2 aromatic heterocycles. The number of pyridine rings is 1. The van der Waals surface area contributed by atoms with Crippen molar-refractivity contribution in [3.63, 3.8) is 0 Å². The number of aromatic nitrogens is 3. The lowest BCUT2D eigenvalue weighted by atomic mass is 9.71. The summed E-state index contributed by atoms with van der Waals surface area (Å²) in [5.41, 5.74) is -1.09. The monoisotopic (exact) mass is 353 g/mol. The van der Waals surface area contributed by atoms with Gasteiger partial charge in [0.1, 0.15) is 13.5 Å². The number of anilines is 1. The second-order valence-electron chi connectivity index (χ2n) is 7.81. The summed E-state index contributed by atoms with van der Waals surface area (Å²) in [6.07, 6.45) is 5.56. The summed E-state index contributed by atoms with van der Waals surface area (Å²) in [6, 6.07) is 2.96. The molecule has 1 aliphatic heterocycles. The first-order valence-corrected chi connectivity index (χ1v) is 9.26. The average molecular weight is 353 g/mol. The minimum Gasteiger partial charge on any atom is -0.388 e. The molecule has 26 heavy (non-hydrogen) atoms. The number of aliphatic hydroxyl groups is 1. The van der Waals surface area contributed by atoms with Crippen molar-refractivity contribution >= 4 is 24.8 Å². The Morgan fingerprint density at radius 3 is 2.81 bits per heavy atom. The van der Waals surface area contributed by atoms with Gasteiger partial charge >= 0.3 is 0 Å². The third kappa shape index (κ3) is 3.12. The van der Waals surface area contributed by atoms with Crippen LogP contribution in [0.2, 0.25) is 0 Å². The predicted octanol–water partition coefficient (Wildman–Crippen LogP) is 0.928. The second kappa shape index (κ2) is 6.35. The van der Waals surface area contributed by atoms with Gasteiger partial charge in [-0.05, 0) is 58.2 Å². The normalized spacial score (nSPS) is 28.3. The molecule has 8 heteroatoms. The molecule has 4 rings (SSSR count). The van der Waals surface area contributed by atoms with Gasteiger partial charge in [-0.1, -0.05) is 0 Å². The molecule has 2 fully saturated rings. The fourth-order valence-electron chi connectivity index (χ4n) is 4.16. The molecule has 1 saturated carbocycles. The van der Waals surface area contributed by atoms with Gasteiger partial charge in [-0.15, -0.1) is 0 Å². The molecular formula is C18H24BN5O2. The van der Waals surface area contributed by atoms with E-state index in [0.29, 0.717) is 18.0 Å². The number of nitrogens with zero attached hydrogens (tertiary/aromatic N) is 3. The van der Waals surface area contributed by atoms with E-state index < -0.39 is 11.0 Å². The van der Waals surface area contributed by atoms with Crippen LogP contribution in [0.15, 0.2) is 23.1 Å². The molecule has 0 aromatic carbocycles. The zero-order valence-electron chi connectivity index (χ0n) is 15.0. The van der Waals surface area contributed by atoms with Gasteiger partial charge < -0.3 is 15.7 Å². The molecular weight excluding hydrogens is 329 g/mol. The molecule has 0 unspecified atom stereocenters. The lowest BCUT2D eigenvalue weighted by Crippen LogP contribution is -2.48. The van der Waals surface area contributed by atoms with Crippen LogP contribution in [0.3, 0.4) is 0 Å². The molecule has 136 valence electrons. The molecule has 7 nitrogen and oxygen atoms in total. The Labute approximate surface area is 153 Å². The van der Waals surface area contributed by atoms with Gasteiger partial charge in [-0.3, -0.25) is 9.36 Å². The van der Waals surface area contributed by atoms with Crippen molar-refractivity contribution in [1.82, 2.24) is 19.9 Å². The van der Waals surface area contributed by atoms with Crippen LogP contribution in [0, 0.1) is 0 Å². The van der Waals surface area contributed by atoms with E-state index >= 15 is 0 Å². The molecule has 0 bridgehead atoms. The largest absolute Gasteiger partial charge is 0.388 e. The molecule has 2 aromatic rings. The van der Waals surface area contributed by atoms with Gasteiger partial charge in [0.2, 0.25) is 5.95 Å². The zero-order valence-corrected chi connectivity index (χ0v) is 15.0. The van der Waals surface area contributed by atoms with Crippen LogP contribution in [0.4, 0.5) is 5.95 Å². The second-order valence-corrected chi connectivity index (χ2v) is 7.81. The summed E-state index contributed by atoms with van der Waals surface area (Å²) in [7, 11) is 6.43. The fourth-order valence-corrected chi connectivity index (χ4v) is 4.16. The highest BCUT2D eigenvalue weighted by molar-refractivity contribution is 6.17.